The maximum Gasteiger partial charge on any atom is 0.272 e. The summed E-state index contributed by atoms with van der Waals surface area (Å²) < 4.78 is 1.77. The molecule has 0 amide bonds. The first-order valence-electron chi connectivity index (χ1n) is 6.96. The summed E-state index contributed by atoms with van der Waals surface area (Å²) in [5.41, 5.74) is 3.68. The van der Waals surface area contributed by atoms with Gasteiger partial charge in [0, 0.05) is 30.9 Å². The first-order chi connectivity index (χ1) is 9.92. The normalized spacial score (nSPS) is 12.2. The number of aryl methyl sites for hydroxylation is 3. The van der Waals surface area contributed by atoms with E-state index in [-0.39, 0.29) is 16.7 Å². The Balaban J connectivity index is 2.26. The number of aromatic nitrogens is 2. The number of nitro benzene ring substituents is 1. The molecule has 0 bridgehead atoms. The van der Waals surface area contributed by atoms with E-state index in [1.165, 1.54) is 0 Å². The molecule has 6 nitrogen and oxygen atoms in total. The molecule has 0 aliphatic carbocycles. The van der Waals surface area contributed by atoms with Gasteiger partial charge < -0.3 is 5.32 Å². The van der Waals surface area contributed by atoms with Crippen LogP contribution in [0.2, 0.25) is 0 Å². The number of rotatable bonds is 5. The highest BCUT2D eigenvalue weighted by Gasteiger charge is 2.16. The van der Waals surface area contributed by atoms with Crippen molar-refractivity contribution in [3.05, 3.63) is 51.3 Å². The van der Waals surface area contributed by atoms with Gasteiger partial charge >= 0.3 is 0 Å². The third kappa shape index (κ3) is 3.21. The van der Waals surface area contributed by atoms with E-state index in [1.54, 1.807) is 23.7 Å². The van der Waals surface area contributed by atoms with E-state index in [9.17, 15) is 10.1 Å². The smallest absolute Gasteiger partial charge is 0.272 e. The van der Waals surface area contributed by atoms with Gasteiger partial charge in [-0.15, -0.1) is 0 Å². The van der Waals surface area contributed by atoms with E-state index in [0.29, 0.717) is 5.56 Å². The first kappa shape index (κ1) is 15.0. The lowest BCUT2D eigenvalue weighted by Gasteiger charge is -2.15. The van der Waals surface area contributed by atoms with E-state index in [0.717, 1.165) is 23.4 Å². The molecule has 2 rings (SSSR count). The van der Waals surface area contributed by atoms with Crippen LogP contribution in [0.25, 0.3) is 0 Å². The van der Waals surface area contributed by atoms with E-state index in [4.69, 9.17) is 0 Å². The van der Waals surface area contributed by atoms with Gasteiger partial charge in [-0.2, -0.15) is 5.10 Å². The molecule has 2 aromatic rings. The summed E-state index contributed by atoms with van der Waals surface area (Å²) in [5, 5.41) is 18.8. The van der Waals surface area contributed by atoms with Crippen LogP contribution >= 0.6 is 0 Å². The van der Waals surface area contributed by atoms with Crippen molar-refractivity contribution in [2.24, 2.45) is 7.05 Å². The second-order valence-corrected chi connectivity index (χ2v) is 5.19. The van der Waals surface area contributed by atoms with Crippen LogP contribution in [0.15, 0.2) is 24.4 Å². The lowest BCUT2D eigenvalue weighted by atomic mass is 10.0. The highest BCUT2D eigenvalue weighted by atomic mass is 16.6. The number of benzene rings is 1. The lowest BCUT2D eigenvalue weighted by Crippen LogP contribution is -2.08. The van der Waals surface area contributed by atoms with Crippen molar-refractivity contribution in [2.45, 2.75) is 33.2 Å². The Morgan fingerprint density at radius 3 is 2.81 bits per heavy atom. The van der Waals surface area contributed by atoms with Gasteiger partial charge in [-0.25, -0.2) is 0 Å². The summed E-state index contributed by atoms with van der Waals surface area (Å²) in [5.74, 6) is 0. The number of nitro groups is 1. The van der Waals surface area contributed by atoms with Gasteiger partial charge in [0.15, 0.2) is 0 Å². The van der Waals surface area contributed by atoms with Crippen molar-refractivity contribution in [1.29, 1.82) is 0 Å². The van der Waals surface area contributed by atoms with Crippen molar-refractivity contribution in [3.8, 4) is 0 Å². The van der Waals surface area contributed by atoms with E-state index in [2.05, 4.69) is 17.3 Å². The van der Waals surface area contributed by atoms with Gasteiger partial charge in [-0.05, 0) is 25.8 Å². The molecule has 1 aromatic carbocycles. The first-order valence-corrected chi connectivity index (χ1v) is 6.96. The molecule has 21 heavy (non-hydrogen) atoms. The van der Waals surface area contributed by atoms with Crippen molar-refractivity contribution >= 4 is 11.4 Å². The largest absolute Gasteiger partial charge is 0.376 e. The molecule has 1 aromatic heterocycles. The zero-order valence-electron chi connectivity index (χ0n) is 12.8. The highest BCUT2D eigenvalue weighted by Crippen LogP contribution is 2.26. The van der Waals surface area contributed by atoms with Gasteiger partial charge in [0.05, 0.1) is 16.3 Å². The Morgan fingerprint density at radius 1 is 1.48 bits per heavy atom. The summed E-state index contributed by atoms with van der Waals surface area (Å²) in [6.45, 7) is 5.78. The van der Waals surface area contributed by atoms with Crippen LogP contribution in [0.1, 0.15) is 36.7 Å². The van der Waals surface area contributed by atoms with Crippen LogP contribution < -0.4 is 5.32 Å². The fourth-order valence-corrected chi connectivity index (χ4v) is 2.33. The molecule has 0 aliphatic heterocycles. The van der Waals surface area contributed by atoms with Crippen LogP contribution in [-0.2, 0) is 13.5 Å². The average molecular weight is 288 g/mol. The zero-order valence-corrected chi connectivity index (χ0v) is 12.8. The van der Waals surface area contributed by atoms with E-state index >= 15 is 0 Å². The predicted molar refractivity (Wildman–Crippen MR) is 82.5 cm³/mol. The topological polar surface area (TPSA) is 73.0 Å². The number of hydrogen-bond acceptors (Lipinski definition) is 4. The molecule has 0 saturated heterocycles. The summed E-state index contributed by atoms with van der Waals surface area (Å²) in [6.07, 6.45) is 2.77. The maximum absolute atomic E-state index is 11.0. The third-order valence-electron chi connectivity index (χ3n) is 3.54. The molecule has 1 heterocycles. The van der Waals surface area contributed by atoms with Gasteiger partial charge in [0.1, 0.15) is 0 Å². The fourth-order valence-electron chi connectivity index (χ4n) is 2.33. The van der Waals surface area contributed by atoms with E-state index in [1.807, 2.05) is 26.2 Å². The van der Waals surface area contributed by atoms with Crippen molar-refractivity contribution in [2.75, 3.05) is 5.32 Å². The summed E-state index contributed by atoms with van der Waals surface area (Å²) in [7, 11) is 1.88. The highest BCUT2D eigenvalue weighted by molar-refractivity contribution is 5.50. The number of hydrogen-bond donors (Lipinski definition) is 1. The van der Waals surface area contributed by atoms with Crippen molar-refractivity contribution in [3.63, 3.8) is 0 Å². The minimum absolute atomic E-state index is 0.0289. The molecular formula is C15H20N4O2. The maximum atomic E-state index is 11.0. The Bertz CT molecular complexity index is 664. The monoisotopic (exact) mass is 288 g/mol. The minimum Gasteiger partial charge on any atom is -0.376 e. The molecule has 0 aliphatic rings. The second-order valence-electron chi connectivity index (χ2n) is 5.19. The Labute approximate surface area is 123 Å². The molecule has 112 valence electrons. The summed E-state index contributed by atoms with van der Waals surface area (Å²) >= 11 is 0. The van der Waals surface area contributed by atoms with Crippen molar-refractivity contribution in [1.82, 2.24) is 9.78 Å². The Morgan fingerprint density at radius 2 is 2.19 bits per heavy atom. The van der Waals surface area contributed by atoms with Crippen LogP contribution in [0.3, 0.4) is 0 Å². The molecule has 0 radical (unpaired) electrons. The quantitative estimate of drug-likeness (QED) is 0.676. The third-order valence-corrected chi connectivity index (χ3v) is 3.54. The molecule has 6 heteroatoms. The second kappa shape index (κ2) is 5.95. The number of nitrogens with zero attached hydrogens (tertiary/aromatic N) is 3. The van der Waals surface area contributed by atoms with Gasteiger partial charge in [-0.1, -0.05) is 19.1 Å². The molecule has 1 atom stereocenters. The lowest BCUT2D eigenvalue weighted by molar-refractivity contribution is -0.385. The standard InChI is InChI=1S/C15H20N4O2/c1-5-13-14(9-18(4)17-13)16-11(3)12-7-6-10(2)15(8-12)19(20)21/h6-9,11,16H,5H2,1-4H3. The van der Waals surface area contributed by atoms with Crippen LogP contribution in [0.5, 0.6) is 0 Å². The molecule has 0 spiro atoms. The molecular weight excluding hydrogens is 268 g/mol. The molecule has 0 saturated carbocycles. The van der Waals surface area contributed by atoms with Gasteiger partial charge in [-0.3, -0.25) is 14.8 Å². The zero-order chi connectivity index (χ0) is 15.6. The predicted octanol–water partition coefficient (Wildman–Crippen LogP) is 3.37. The molecule has 1 unspecified atom stereocenters. The molecule has 0 fully saturated rings. The minimum atomic E-state index is -0.340. The van der Waals surface area contributed by atoms with Gasteiger partial charge in [0.25, 0.3) is 5.69 Å². The van der Waals surface area contributed by atoms with E-state index < -0.39 is 0 Å². The molecule has 1 N–H and O–H groups in total. The van der Waals surface area contributed by atoms with Crippen LogP contribution in [0.4, 0.5) is 11.4 Å². The average Bonchev–Trinajstić information content (AvgIpc) is 2.78. The summed E-state index contributed by atoms with van der Waals surface area (Å²) in [6, 6.07) is 5.31. The number of anilines is 1. The summed E-state index contributed by atoms with van der Waals surface area (Å²) in [4.78, 5) is 10.7. The van der Waals surface area contributed by atoms with Crippen molar-refractivity contribution < 1.29 is 4.92 Å². The Kier molecular flexibility index (Phi) is 4.26. The van der Waals surface area contributed by atoms with Crippen LogP contribution in [-0.4, -0.2) is 14.7 Å². The fraction of sp³-hybridized carbons (Fsp3) is 0.400. The SMILES string of the molecule is CCc1nn(C)cc1NC(C)c1ccc(C)c([N+](=O)[O-])c1. The van der Waals surface area contributed by atoms with Crippen LogP contribution in [0, 0.1) is 17.0 Å². The number of nitrogens with one attached hydrogen (secondary N) is 1. The van der Waals surface area contributed by atoms with Gasteiger partial charge in [0.2, 0.25) is 0 Å². The Hall–Kier alpha value is -2.37.